The maximum atomic E-state index is 10.7. The predicted octanol–water partition coefficient (Wildman–Crippen LogP) is 8.22. The molecule has 0 radical (unpaired) electrons. The first-order valence-corrected chi connectivity index (χ1v) is 13.1. The molecule has 0 bridgehead atoms. The van der Waals surface area contributed by atoms with Gasteiger partial charge in [0, 0.05) is 28.2 Å². The lowest BCUT2D eigenvalue weighted by Crippen LogP contribution is -2.05. The van der Waals surface area contributed by atoms with Crippen molar-refractivity contribution < 1.29 is 20.4 Å². The second-order valence-corrected chi connectivity index (χ2v) is 10.4. The lowest BCUT2D eigenvalue weighted by molar-refractivity contribution is 0.468. The average molecular weight is 517 g/mol. The van der Waals surface area contributed by atoms with Gasteiger partial charge in [-0.2, -0.15) is 0 Å². The third-order valence-corrected chi connectivity index (χ3v) is 7.05. The van der Waals surface area contributed by atoms with Crippen LogP contribution in [0, 0.1) is 5.92 Å². The minimum Gasteiger partial charge on any atom is -0.507 e. The summed E-state index contributed by atoms with van der Waals surface area (Å²) in [5.74, 6) is 0.632. The van der Waals surface area contributed by atoms with Crippen molar-refractivity contribution in [3.8, 4) is 45.3 Å². The molecule has 0 saturated heterocycles. The van der Waals surface area contributed by atoms with Crippen LogP contribution >= 0.6 is 0 Å². The number of phenolic OH excluding ortho intramolecular Hbond substituents is 4. The average Bonchev–Trinajstić information content (AvgIpc) is 2.92. The number of phenols is 4. The topological polar surface area (TPSA) is 80.9 Å². The number of hydrogen-bond donors (Lipinski definition) is 4. The number of hydrogen-bond acceptors (Lipinski definition) is 4. The molecule has 0 aromatic heterocycles. The zero-order chi connectivity index (χ0) is 27.5. The van der Waals surface area contributed by atoms with Gasteiger partial charge in [0.05, 0.1) is 0 Å². The fourth-order valence-corrected chi connectivity index (χ4v) is 5.20. The number of benzene rings is 5. The highest BCUT2D eigenvalue weighted by molar-refractivity contribution is 5.78. The Kier molecular flexibility index (Phi) is 7.29. The summed E-state index contributed by atoms with van der Waals surface area (Å²) in [6.45, 7) is 4.40. The molecule has 4 nitrogen and oxygen atoms in total. The van der Waals surface area contributed by atoms with Crippen LogP contribution in [0.25, 0.3) is 22.3 Å². The lowest BCUT2D eigenvalue weighted by atomic mass is 9.82. The third kappa shape index (κ3) is 5.46. The van der Waals surface area contributed by atoms with Gasteiger partial charge in [-0.3, -0.25) is 0 Å². The Morgan fingerprint density at radius 1 is 0.462 bits per heavy atom. The molecular weight excluding hydrogens is 484 g/mol. The molecule has 5 rings (SSSR count). The van der Waals surface area contributed by atoms with E-state index in [0.717, 1.165) is 23.1 Å². The number of aromatic hydroxyl groups is 4. The van der Waals surface area contributed by atoms with Gasteiger partial charge in [0.15, 0.2) is 0 Å². The molecule has 0 fully saturated rings. The first kappa shape index (κ1) is 25.9. The summed E-state index contributed by atoms with van der Waals surface area (Å²) in [4.78, 5) is 0. The van der Waals surface area contributed by atoms with E-state index in [1.165, 1.54) is 5.56 Å². The van der Waals surface area contributed by atoms with E-state index >= 15 is 0 Å². The largest absolute Gasteiger partial charge is 0.507 e. The smallest absolute Gasteiger partial charge is 0.123 e. The van der Waals surface area contributed by atoms with Gasteiger partial charge >= 0.3 is 0 Å². The molecule has 0 heterocycles. The monoisotopic (exact) mass is 516 g/mol. The molecule has 4 heteroatoms. The van der Waals surface area contributed by atoms with Gasteiger partial charge in [-0.15, -0.1) is 0 Å². The molecule has 0 aliphatic heterocycles. The highest BCUT2D eigenvalue weighted by Gasteiger charge is 2.22. The first-order valence-electron chi connectivity index (χ1n) is 13.1. The van der Waals surface area contributed by atoms with Crippen LogP contribution in [0.2, 0.25) is 0 Å². The molecule has 5 aromatic rings. The molecule has 0 amide bonds. The van der Waals surface area contributed by atoms with Gasteiger partial charge in [0.25, 0.3) is 0 Å². The van der Waals surface area contributed by atoms with Crippen LogP contribution in [0.1, 0.15) is 42.0 Å². The van der Waals surface area contributed by atoms with E-state index < -0.39 is 0 Å². The molecule has 0 aliphatic rings. The molecule has 0 unspecified atom stereocenters. The van der Waals surface area contributed by atoms with Crippen LogP contribution in [0.4, 0.5) is 0 Å². The summed E-state index contributed by atoms with van der Waals surface area (Å²) < 4.78 is 0. The number of rotatable bonds is 7. The minimum atomic E-state index is -0.242. The van der Waals surface area contributed by atoms with Crippen LogP contribution in [-0.2, 0) is 6.42 Å². The van der Waals surface area contributed by atoms with Crippen LogP contribution in [0.15, 0.2) is 109 Å². The molecule has 0 spiro atoms. The van der Waals surface area contributed by atoms with Crippen LogP contribution in [-0.4, -0.2) is 20.4 Å². The Morgan fingerprint density at radius 3 is 1.31 bits per heavy atom. The van der Waals surface area contributed by atoms with Gasteiger partial charge in [0.2, 0.25) is 0 Å². The van der Waals surface area contributed by atoms with E-state index in [0.29, 0.717) is 28.2 Å². The zero-order valence-electron chi connectivity index (χ0n) is 22.0. The quantitative estimate of drug-likeness (QED) is 0.164. The minimum absolute atomic E-state index is 0.0758. The van der Waals surface area contributed by atoms with Gasteiger partial charge in [0.1, 0.15) is 23.0 Å². The van der Waals surface area contributed by atoms with E-state index in [-0.39, 0.29) is 28.9 Å². The fraction of sp³-hybridized carbons (Fsp3) is 0.143. The maximum absolute atomic E-state index is 10.7. The summed E-state index contributed by atoms with van der Waals surface area (Å²) >= 11 is 0. The van der Waals surface area contributed by atoms with Crippen molar-refractivity contribution in [3.63, 3.8) is 0 Å². The van der Waals surface area contributed by atoms with Crippen molar-refractivity contribution >= 4 is 0 Å². The zero-order valence-corrected chi connectivity index (χ0v) is 22.0. The van der Waals surface area contributed by atoms with E-state index in [1.54, 1.807) is 48.5 Å². The maximum Gasteiger partial charge on any atom is 0.123 e. The van der Waals surface area contributed by atoms with E-state index in [4.69, 9.17) is 0 Å². The van der Waals surface area contributed by atoms with E-state index in [9.17, 15) is 20.4 Å². The summed E-state index contributed by atoms with van der Waals surface area (Å²) in [6, 6.07) is 33.4. The molecule has 39 heavy (non-hydrogen) atoms. The van der Waals surface area contributed by atoms with Gasteiger partial charge in [-0.25, -0.2) is 0 Å². The molecular formula is C35H32O4. The Labute approximate surface area is 229 Å². The Morgan fingerprint density at radius 2 is 0.872 bits per heavy atom. The highest BCUT2D eigenvalue weighted by Crippen LogP contribution is 2.43. The lowest BCUT2D eigenvalue weighted by Gasteiger charge is -2.22. The Hall–Kier alpha value is -4.70. The second-order valence-electron chi connectivity index (χ2n) is 10.4. The van der Waals surface area contributed by atoms with Crippen LogP contribution in [0.3, 0.4) is 0 Å². The van der Waals surface area contributed by atoms with Crippen LogP contribution < -0.4 is 0 Å². The predicted molar refractivity (Wildman–Crippen MR) is 156 cm³/mol. The molecule has 5 aromatic carbocycles. The first-order chi connectivity index (χ1) is 18.8. The molecule has 196 valence electrons. The summed E-state index contributed by atoms with van der Waals surface area (Å²) in [6.07, 6.45) is 0.984. The normalized spacial score (nSPS) is 11.3. The van der Waals surface area contributed by atoms with Crippen molar-refractivity contribution in [2.24, 2.45) is 5.92 Å². The van der Waals surface area contributed by atoms with Crippen molar-refractivity contribution in [3.05, 3.63) is 131 Å². The summed E-state index contributed by atoms with van der Waals surface area (Å²) in [5, 5.41) is 42.5. The Balaban J connectivity index is 1.69. The van der Waals surface area contributed by atoms with Crippen molar-refractivity contribution in [2.45, 2.75) is 26.2 Å². The summed E-state index contributed by atoms with van der Waals surface area (Å²) in [5.41, 5.74) is 6.29. The van der Waals surface area contributed by atoms with Crippen molar-refractivity contribution in [1.82, 2.24) is 0 Å². The van der Waals surface area contributed by atoms with Gasteiger partial charge < -0.3 is 20.4 Å². The summed E-state index contributed by atoms with van der Waals surface area (Å²) in [7, 11) is 0. The van der Waals surface area contributed by atoms with Gasteiger partial charge in [-0.1, -0.05) is 86.6 Å². The molecule has 0 aliphatic carbocycles. The second kappa shape index (κ2) is 11.0. The van der Waals surface area contributed by atoms with Crippen molar-refractivity contribution in [1.29, 1.82) is 0 Å². The van der Waals surface area contributed by atoms with E-state index in [1.807, 2.05) is 36.4 Å². The third-order valence-electron chi connectivity index (χ3n) is 7.05. The van der Waals surface area contributed by atoms with E-state index in [2.05, 4.69) is 38.1 Å². The van der Waals surface area contributed by atoms with Crippen LogP contribution in [0.5, 0.6) is 23.0 Å². The molecule has 0 atom stereocenters. The number of para-hydroxylation sites is 2. The fourth-order valence-electron chi connectivity index (χ4n) is 5.20. The standard InChI is InChI=1S/C35H32O4/c1-22(2)19-23-11-13-24(14-12-23)35(25-15-17-33(38)29(20-25)27-7-3-5-9-31(27)36)26-16-18-34(39)30(21-26)28-8-4-6-10-32(28)37/h3-18,20-22,35-39H,19H2,1-2H3. The Bertz CT molecular complexity index is 1510. The van der Waals surface area contributed by atoms with Crippen molar-refractivity contribution in [2.75, 3.05) is 0 Å². The SMILES string of the molecule is CC(C)Cc1ccc(C(c2ccc(O)c(-c3ccccc3O)c2)c2ccc(O)c(-c3ccccc3O)c2)cc1. The highest BCUT2D eigenvalue weighted by atomic mass is 16.3. The van der Waals surface area contributed by atoms with Gasteiger partial charge in [-0.05, 0) is 71.0 Å². The molecule has 4 N–H and O–H groups in total. The molecule has 0 saturated carbocycles.